The van der Waals surface area contributed by atoms with Crippen molar-refractivity contribution in [3.8, 4) is 5.75 Å². The van der Waals surface area contributed by atoms with E-state index in [2.05, 4.69) is 32.1 Å². The Morgan fingerprint density at radius 2 is 2.00 bits per heavy atom. The second-order valence-corrected chi connectivity index (χ2v) is 7.54. The Labute approximate surface area is 159 Å². The van der Waals surface area contributed by atoms with Gasteiger partial charge in [-0.3, -0.25) is 4.99 Å². The lowest BCUT2D eigenvalue weighted by Crippen LogP contribution is -2.36. The SMILES string of the molecule is CN=C(NCc1csc(N(C)C)n1)NCc1c(O)ccc2c1CCCC2. The summed E-state index contributed by atoms with van der Waals surface area (Å²) in [5.74, 6) is 1.07. The average Bonchev–Trinajstić information content (AvgIpc) is 3.12. The zero-order chi connectivity index (χ0) is 18.5. The van der Waals surface area contributed by atoms with Gasteiger partial charge in [-0.05, 0) is 42.9 Å². The van der Waals surface area contributed by atoms with Gasteiger partial charge >= 0.3 is 0 Å². The number of fused-ring (bicyclic) bond motifs is 1. The number of hydrogen-bond donors (Lipinski definition) is 3. The first-order valence-corrected chi connectivity index (χ1v) is 9.85. The van der Waals surface area contributed by atoms with Crippen molar-refractivity contribution in [1.82, 2.24) is 15.6 Å². The fourth-order valence-electron chi connectivity index (χ4n) is 3.24. The van der Waals surface area contributed by atoms with Gasteiger partial charge in [0, 0.05) is 38.6 Å². The highest BCUT2D eigenvalue weighted by molar-refractivity contribution is 7.13. The van der Waals surface area contributed by atoms with E-state index in [1.165, 1.54) is 24.0 Å². The molecule has 0 aliphatic heterocycles. The van der Waals surface area contributed by atoms with Crippen molar-refractivity contribution >= 4 is 22.4 Å². The van der Waals surface area contributed by atoms with Crippen LogP contribution in [-0.4, -0.2) is 37.2 Å². The Hall–Kier alpha value is -2.28. The molecular weight excluding hydrogens is 346 g/mol. The summed E-state index contributed by atoms with van der Waals surface area (Å²) in [6.45, 7) is 1.18. The van der Waals surface area contributed by atoms with Crippen LogP contribution in [0.2, 0.25) is 0 Å². The maximum atomic E-state index is 10.3. The maximum Gasteiger partial charge on any atom is 0.191 e. The number of aromatic nitrogens is 1. The van der Waals surface area contributed by atoms with Crippen molar-refractivity contribution in [2.45, 2.75) is 38.8 Å². The molecule has 1 aromatic heterocycles. The number of aliphatic imine (C=N–C) groups is 1. The first kappa shape index (κ1) is 18.5. The van der Waals surface area contributed by atoms with Gasteiger partial charge in [-0.1, -0.05) is 6.07 Å². The first-order chi connectivity index (χ1) is 12.6. The number of aryl methyl sites for hydroxylation is 1. The predicted octanol–water partition coefficient (Wildman–Crippen LogP) is 2.66. The molecule has 1 heterocycles. The standard InChI is InChI=1S/C19H27N5OS/c1-20-18(21-10-14-12-26-19(23-14)24(2)3)22-11-16-15-7-5-4-6-13(15)8-9-17(16)25/h8-9,12,25H,4-7,10-11H2,1-3H3,(H2,20,21,22). The Bertz CT molecular complexity index is 784. The second kappa shape index (κ2) is 8.40. The lowest BCUT2D eigenvalue weighted by atomic mass is 9.88. The molecule has 0 saturated heterocycles. The van der Waals surface area contributed by atoms with Crippen LogP contribution in [0, 0.1) is 0 Å². The molecular formula is C19H27N5OS. The maximum absolute atomic E-state index is 10.3. The third kappa shape index (κ3) is 4.27. The highest BCUT2D eigenvalue weighted by Crippen LogP contribution is 2.30. The number of benzene rings is 1. The van der Waals surface area contributed by atoms with E-state index in [0.29, 0.717) is 24.8 Å². The lowest BCUT2D eigenvalue weighted by Gasteiger charge is -2.21. The molecule has 26 heavy (non-hydrogen) atoms. The number of aromatic hydroxyl groups is 1. The van der Waals surface area contributed by atoms with E-state index in [0.717, 1.165) is 29.2 Å². The average molecular weight is 374 g/mol. The summed E-state index contributed by atoms with van der Waals surface area (Å²) in [4.78, 5) is 10.8. The molecule has 1 aliphatic rings. The van der Waals surface area contributed by atoms with E-state index in [4.69, 9.17) is 0 Å². The molecule has 0 saturated carbocycles. The van der Waals surface area contributed by atoms with Crippen LogP contribution in [0.5, 0.6) is 5.75 Å². The molecule has 0 radical (unpaired) electrons. The molecule has 1 aromatic carbocycles. The van der Waals surface area contributed by atoms with Gasteiger partial charge in [-0.2, -0.15) is 0 Å². The van der Waals surface area contributed by atoms with E-state index in [-0.39, 0.29) is 0 Å². The van der Waals surface area contributed by atoms with Crippen molar-refractivity contribution < 1.29 is 5.11 Å². The highest BCUT2D eigenvalue weighted by atomic mass is 32.1. The normalized spacial score (nSPS) is 14.0. The van der Waals surface area contributed by atoms with Crippen LogP contribution in [0.1, 0.15) is 35.2 Å². The number of rotatable bonds is 5. The van der Waals surface area contributed by atoms with Gasteiger partial charge in [0.05, 0.1) is 12.2 Å². The van der Waals surface area contributed by atoms with Crippen molar-refractivity contribution in [2.24, 2.45) is 4.99 Å². The molecule has 0 atom stereocenters. The van der Waals surface area contributed by atoms with E-state index < -0.39 is 0 Å². The van der Waals surface area contributed by atoms with Gasteiger partial charge in [-0.25, -0.2) is 4.98 Å². The summed E-state index contributed by atoms with van der Waals surface area (Å²) in [6.07, 6.45) is 4.57. The summed E-state index contributed by atoms with van der Waals surface area (Å²) in [5.41, 5.74) is 4.65. The molecule has 1 aliphatic carbocycles. The van der Waals surface area contributed by atoms with Crippen LogP contribution in [0.3, 0.4) is 0 Å². The molecule has 0 bridgehead atoms. The fourth-order valence-corrected chi connectivity index (χ4v) is 4.00. The Morgan fingerprint density at radius 3 is 2.73 bits per heavy atom. The molecule has 3 N–H and O–H groups in total. The van der Waals surface area contributed by atoms with Gasteiger partial charge in [0.1, 0.15) is 5.75 Å². The van der Waals surface area contributed by atoms with Crippen LogP contribution in [-0.2, 0) is 25.9 Å². The minimum absolute atomic E-state index is 0.365. The van der Waals surface area contributed by atoms with Crippen LogP contribution in [0.25, 0.3) is 0 Å². The molecule has 3 rings (SSSR count). The minimum Gasteiger partial charge on any atom is -0.508 e. The molecule has 0 fully saturated rings. The van der Waals surface area contributed by atoms with Gasteiger partial charge in [-0.15, -0.1) is 11.3 Å². The Balaban J connectivity index is 1.61. The number of anilines is 1. The number of nitrogens with one attached hydrogen (secondary N) is 2. The second-order valence-electron chi connectivity index (χ2n) is 6.70. The number of phenols is 1. The first-order valence-electron chi connectivity index (χ1n) is 8.97. The lowest BCUT2D eigenvalue weighted by molar-refractivity contribution is 0.464. The minimum atomic E-state index is 0.365. The Kier molecular flexibility index (Phi) is 5.98. The topological polar surface area (TPSA) is 72.8 Å². The number of nitrogens with zero attached hydrogens (tertiary/aromatic N) is 3. The van der Waals surface area contributed by atoms with Crippen LogP contribution in [0.15, 0.2) is 22.5 Å². The number of thiazole rings is 1. The molecule has 140 valence electrons. The fraction of sp³-hybridized carbons (Fsp3) is 0.474. The van der Waals surface area contributed by atoms with Crippen LogP contribution in [0.4, 0.5) is 5.13 Å². The molecule has 0 unspecified atom stereocenters. The van der Waals surface area contributed by atoms with Gasteiger partial charge in [0.25, 0.3) is 0 Å². The monoisotopic (exact) mass is 373 g/mol. The molecule has 0 spiro atoms. The molecule has 6 nitrogen and oxygen atoms in total. The smallest absolute Gasteiger partial charge is 0.191 e. The van der Waals surface area contributed by atoms with E-state index in [9.17, 15) is 5.11 Å². The van der Waals surface area contributed by atoms with Crippen molar-refractivity contribution in [1.29, 1.82) is 0 Å². The molecule has 0 amide bonds. The van der Waals surface area contributed by atoms with E-state index in [1.54, 1.807) is 18.4 Å². The highest BCUT2D eigenvalue weighted by Gasteiger charge is 2.16. The summed E-state index contributed by atoms with van der Waals surface area (Å²) >= 11 is 1.63. The van der Waals surface area contributed by atoms with E-state index in [1.807, 2.05) is 25.1 Å². The molecule has 7 heteroatoms. The van der Waals surface area contributed by atoms with Gasteiger partial charge in [0.2, 0.25) is 0 Å². The molecule has 2 aromatic rings. The number of phenolic OH excluding ortho intramolecular Hbond substituents is 1. The summed E-state index contributed by atoms with van der Waals surface area (Å²) < 4.78 is 0. The van der Waals surface area contributed by atoms with Crippen molar-refractivity contribution in [3.63, 3.8) is 0 Å². The third-order valence-corrected chi connectivity index (χ3v) is 5.70. The van der Waals surface area contributed by atoms with Gasteiger partial charge in [0.15, 0.2) is 11.1 Å². The van der Waals surface area contributed by atoms with E-state index >= 15 is 0 Å². The van der Waals surface area contributed by atoms with Gasteiger partial charge < -0.3 is 20.6 Å². The van der Waals surface area contributed by atoms with Crippen molar-refractivity contribution in [3.05, 3.63) is 39.9 Å². The van der Waals surface area contributed by atoms with Crippen molar-refractivity contribution in [2.75, 3.05) is 26.0 Å². The third-order valence-electron chi connectivity index (χ3n) is 4.64. The zero-order valence-corrected chi connectivity index (χ0v) is 16.5. The van der Waals surface area contributed by atoms with Crippen LogP contribution >= 0.6 is 11.3 Å². The zero-order valence-electron chi connectivity index (χ0n) is 15.7. The summed E-state index contributed by atoms with van der Waals surface area (Å²) in [5, 5.41) is 20.0. The number of hydrogen-bond acceptors (Lipinski definition) is 5. The van der Waals surface area contributed by atoms with Crippen LogP contribution < -0.4 is 15.5 Å². The summed E-state index contributed by atoms with van der Waals surface area (Å²) in [6, 6.07) is 3.88. The Morgan fingerprint density at radius 1 is 1.23 bits per heavy atom. The largest absolute Gasteiger partial charge is 0.508 e. The predicted molar refractivity (Wildman–Crippen MR) is 108 cm³/mol. The quantitative estimate of drug-likeness (QED) is 0.555. The summed E-state index contributed by atoms with van der Waals surface area (Å²) in [7, 11) is 5.73. The number of guanidine groups is 1.